The van der Waals surface area contributed by atoms with Crippen LogP contribution in [0.1, 0.15) is 82.4 Å². The van der Waals surface area contributed by atoms with E-state index in [1.165, 1.54) is 0 Å². The number of carbonyl (C=O) groups is 5. The number of rotatable bonds is 11. The van der Waals surface area contributed by atoms with Crippen LogP contribution in [0.3, 0.4) is 0 Å². The second kappa shape index (κ2) is 17.4. The van der Waals surface area contributed by atoms with E-state index in [0.29, 0.717) is 48.2 Å². The van der Waals surface area contributed by atoms with Crippen molar-refractivity contribution in [3.05, 3.63) is 74.7 Å². The molecule has 0 bridgehead atoms. The topological polar surface area (TPSA) is 154 Å². The van der Waals surface area contributed by atoms with Gasteiger partial charge in [0.15, 0.2) is 5.78 Å². The Labute approximate surface area is 356 Å². The van der Waals surface area contributed by atoms with Crippen LogP contribution in [0.2, 0.25) is 0 Å². The number of benzene rings is 2. The normalized spacial score (nSPS) is 21.0. The van der Waals surface area contributed by atoms with Crippen molar-refractivity contribution in [2.75, 3.05) is 72.5 Å². The van der Waals surface area contributed by atoms with Crippen molar-refractivity contribution >= 4 is 35.1 Å². The van der Waals surface area contributed by atoms with Crippen LogP contribution in [0.15, 0.2) is 41.3 Å². The average Bonchev–Trinajstić information content (AvgIpc) is 3.86. The van der Waals surface area contributed by atoms with Gasteiger partial charge in [-0.1, -0.05) is 0 Å². The van der Waals surface area contributed by atoms with E-state index in [-0.39, 0.29) is 49.0 Å². The van der Waals surface area contributed by atoms with E-state index in [1.807, 2.05) is 24.4 Å². The summed E-state index contributed by atoms with van der Waals surface area (Å²) in [5.41, 5.74) is 5.89. The molecule has 15 nitrogen and oxygen atoms in total. The van der Waals surface area contributed by atoms with E-state index in [4.69, 9.17) is 9.47 Å². The highest BCUT2D eigenvalue weighted by Crippen LogP contribution is 2.39. The van der Waals surface area contributed by atoms with Gasteiger partial charge < -0.3 is 34.1 Å². The Kier molecular flexibility index (Phi) is 12.1. The fourth-order valence-electron chi connectivity index (χ4n) is 10.1. The summed E-state index contributed by atoms with van der Waals surface area (Å²) in [4.78, 5) is 86.6. The van der Waals surface area contributed by atoms with E-state index in [0.717, 1.165) is 103 Å². The molecule has 5 heterocycles. The van der Waals surface area contributed by atoms with Gasteiger partial charge in [0, 0.05) is 75.7 Å². The van der Waals surface area contributed by atoms with Crippen molar-refractivity contribution in [3.8, 4) is 22.6 Å². The molecule has 2 unspecified atom stereocenters. The highest BCUT2D eigenvalue weighted by Gasteiger charge is 2.45. The third-order valence-electron chi connectivity index (χ3n) is 13.8. The van der Waals surface area contributed by atoms with Crippen molar-refractivity contribution in [1.82, 2.24) is 29.5 Å². The number of nitrogens with zero attached hydrogens (tertiary/aromatic N) is 6. The molecule has 3 fully saturated rings. The average molecular weight is 836 g/mol. The Hall–Kier alpha value is -5.54. The molecule has 0 spiro atoms. The second-order valence-electron chi connectivity index (χ2n) is 17.3. The molecule has 1 aromatic heterocycles. The van der Waals surface area contributed by atoms with E-state index in [1.54, 1.807) is 49.9 Å². The van der Waals surface area contributed by atoms with Crippen molar-refractivity contribution < 1.29 is 33.4 Å². The largest absolute Gasteiger partial charge is 0.496 e. The molecule has 5 aliphatic rings. The number of likely N-dealkylation sites (N-methyl/N-ethyl adjacent to an activating group) is 1. The number of amides is 4. The van der Waals surface area contributed by atoms with Gasteiger partial charge in [0.05, 0.1) is 49.9 Å². The molecular weight excluding hydrogens is 779 g/mol. The predicted molar refractivity (Wildman–Crippen MR) is 229 cm³/mol. The maximum Gasteiger partial charge on any atom is 0.317 e. The van der Waals surface area contributed by atoms with Crippen molar-refractivity contribution in [1.29, 1.82) is 0 Å². The number of carbonyl (C=O) groups excluding carboxylic acids is 5. The standard InChI is InChI=1S/C46H57N7O8/c1-47-46(59)52-19-14-33-36(25-49(3)43(56)37(33)27-52)29-20-41(60-4)38(42(21-29)61-5)26-50-16-11-28(12-17-50)10-15-48(2)31-13-18-51(24-31)30-6-8-34-35(22-30)45(58)53(44(34)57)39-9-7-32(54)23-40(39)55/h6,8,20-22,25,28,31,39H,7,9-19,23-24,26-27H2,1-5H3,(H,47,59). The lowest BCUT2D eigenvalue weighted by molar-refractivity contribution is -0.132. The first-order valence-corrected chi connectivity index (χ1v) is 21.6. The van der Waals surface area contributed by atoms with Gasteiger partial charge in [-0.05, 0) is 113 Å². The Morgan fingerprint density at radius 2 is 1.57 bits per heavy atom. The molecule has 8 rings (SSSR count). The van der Waals surface area contributed by atoms with Crippen molar-refractivity contribution in [2.24, 2.45) is 13.0 Å². The van der Waals surface area contributed by atoms with Gasteiger partial charge in [0.25, 0.3) is 17.4 Å². The van der Waals surface area contributed by atoms with E-state index >= 15 is 0 Å². The Morgan fingerprint density at radius 1 is 0.852 bits per heavy atom. The highest BCUT2D eigenvalue weighted by atomic mass is 16.5. The molecule has 4 amide bonds. The summed E-state index contributed by atoms with van der Waals surface area (Å²) in [7, 11) is 8.91. The number of methoxy groups -OCH3 is 2. The predicted octanol–water partition coefficient (Wildman–Crippen LogP) is 3.87. The molecule has 1 aliphatic carbocycles. The molecule has 15 heteroatoms. The molecule has 4 aliphatic heterocycles. The zero-order valence-electron chi connectivity index (χ0n) is 36.0. The number of pyridine rings is 1. The first-order valence-electron chi connectivity index (χ1n) is 21.6. The fourth-order valence-corrected chi connectivity index (χ4v) is 10.1. The molecule has 0 radical (unpaired) electrons. The van der Waals surface area contributed by atoms with Gasteiger partial charge in [-0.2, -0.15) is 0 Å². The number of anilines is 1. The zero-order chi connectivity index (χ0) is 43.1. The minimum Gasteiger partial charge on any atom is -0.496 e. The summed E-state index contributed by atoms with van der Waals surface area (Å²) in [5.74, 6) is 0.708. The number of aryl methyl sites for hydroxylation is 1. The minimum atomic E-state index is -0.867. The number of nitrogens with one attached hydrogen (secondary N) is 1. The summed E-state index contributed by atoms with van der Waals surface area (Å²) >= 11 is 0. The molecule has 324 valence electrons. The molecule has 2 aromatic carbocycles. The molecule has 2 saturated heterocycles. The minimum absolute atomic E-state index is 0.0978. The Bertz CT molecular complexity index is 2290. The maximum absolute atomic E-state index is 13.4. The lowest BCUT2D eigenvalue weighted by atomic mass is 9.91. The fraction of sp³-hybridized carbons (Fsp3) is 0.522. The summed E-state index contributed by atoms with van der Waals surface area (Å²) in [6.07, 6.45) is 6.94. The molecule has 1 N–H and O–H groups in total. The number of imide groups is 1. The smallest absolute Gasteiger partial charge is 0.317 e. The second-order valence-corrected chi connectivity index (χ2v) is 17.3. The van der Waals surface area contributed by atoms with Gasteiger partial charge >= 0.3 is 6.03 Å². The summed E-state index contributed by atoms with van der Waals surface area (Å²) in [6.45, 7) is 6.09. The highest BCUT2D eigenvalue weighted by molar-refractivity contribution is 6.24. The molecule has 61 heavy (non-hydrogen) atoms. The summed E-state index contributed by atoms with van der Waals surface area (Å²) in [6, 6.07) is 8.80. The van der Waals surface area contributed by atoms with Crippen molar-refractivity contribution in [2.45, 2.75) is 76.5 Å². The zero-order valence-corrected chi connectivity index (χ0v) is 36.0. The number of Topliss-reactive ketones (excluding diaryl/α,β-unsaturated/α-hetero) is 2. The summed E-state index contributed by atoms with van der Waals surface area (Å²) in [5, 5.41) is 2.67. The summed E-state index contributed by atoms with van der Waals surface area (Å²) < 4.78 is 13.6. The van der Waals surface area contributed by atoms with Gasteiger partial charge in [-0.25, -0.2) is 4.79 Å². The van der Waals surface area contributed by atoms with E-state index in [9.17, 15) is 28.8 Å². The number of hydrogen-bond donors (Lipinski definition) is 1. The van der Waals surface area contributed by atoms with Crippen LogP contribution in [0, 0.1) is 5.92 Å². The first kappa shape index (κ1) is 42.2. The van der Waals surface area contributed by atoms with Crippen LogP contribution < -0.4 is 25.2 Å². The third kappa shape index (κ3) is 8.17. The van der Waals surface area contributed by atoms with E-state index < -0.39 is 17.9 Å². The lowest BCUT2D eigenvalue weighted by Crippen LogP contribution is -2.47. The lowest BCUT2D eigenvalue weighted by Gasteiger charge is -2.34. The molecule has 3 aromatic rings. The van der Waals surface area contributed by atoms with Gasteiger partial charge in [-0.15, -0.1) is 0 Å². The Balaban J connectivity index is 0.849. The van der Waals surface area contributed by atoms with Crippen LogP contribution in [-0.2, 0) is 36.1 Å². The quantitative estimate of drug-likeness (QED) is 0.221. The number of fused-ring (bicyclic) bond motifs is 2. The number of aromatic nitrogens is 1. The molecule has 1 saturated carbocycles. The Morgan fingerprint density at radius 3 is 2.26 bits per heavy atom. The number of ether oxygens (including phenoxy) is 2. The van der Waals surface area contributed by atoms with Gasteiger partial charge in [0.1, 0.15) is 17.3 Å². The SMILES string of the molecule is CNC(=O)N1CCc2c(-c3cc(OC)c(CN4CCC(CCN(C)C5CCN(c6ccc7c(c6)C(=O)N(C6CCC(=O)CC6=O)C7=O)C5)CC4)c(OC)c3)cn(C)c(=O)c2C1. The van der Waals surface area contributed by atoms with Crippen LogP contribution >= 0.6 is 0 Å². The number of piperidine rings is 1. The van der Waals surface area contributed by atoms with Crippen LogP contribution in [0.5, 0.6) is 11.5 Å². The van der Waals surface area contributed by atoms with E-state index in [2.05, 4.69) is 27.1 Å². The van der Waals surface area contributed by atoms with Gasteiger partial charge in [-0.3, -0.25) is 33.8 Å². The number of hydrogen-bond acceptors (Lipinski definition) is 11. The maximum atomic E-state index is 13.4. The first-order chi connectivity index (χ1) is 29.4. The number of ketones is 2. The van der Waals surface area contributed by atoms with Crippen LogP contribution in [-0.4, -0.2) is 133 Å². The molecule has 2 atom stereocenters. The van der Waals surface area contributed by atoms with Gasteiger partial charge in [0.2, 0.25) is 0 Å². The third-order valence-corrected chi connectivity index (χ3v) is 13.8. The number of likely N-dealkylation sites (tertiary alicyclic amines) is 1. The monoisotopic (exact) mass is 835 g/mol. The molecular formula is C46H57N7O8. The van der Waals surface area contributed by atoms with Crippen LogP contribution in [0.25, 0.3) is 11.1 Å². The van der Waals surface area contributed by atoms with Crippen molar-refractivity contribution in [3.63, 3.8) is 0 Å². The number of urea groups is 1. The van der Waals surface area contributed by atoms with Crippen LogP contribution in [0.4, 0.5) is 10.5 Å².